The van der Waals surface area contributed by atoms with Crippen LogP contribution in [-0.4, -0.2) is 29.0 Å². The maximum atomic E-state index is 12.2. The maximum absolute atomic E-state index is 12.2. The molecule has 1 amide bonds. The van der Waals surface area contributed by atoms with Gasteiger partial charge in [0, 0.05) is 31.7 Å². The van der Waals surface area contributed by atoms with Crippen LogP contribution < -0.4 is 10.6 Å². The summed E-state index contributed by atoms with van der Waals surface area (Å²) in [5.74, 6) is 0.538. The van der Waals surface area contributed by atoms with Crippen LogP contribution in [0.2, 0.25) is 0 Å². The highest BCUT2D eigenvalue weighted by molar-refractivity contribution is 5.98. The molecule has 0 unspecified atom stereocenters. The molecule has 0 aliphatic heterocycles. The first kappa shape index (κ1) is 15.0. The fourth-order valence-electron chi connectivity index (χ4n) is 1.94. The molecule has 0 radical (unpaired) electrons. The third kappa shape index (κ3) is 4.56. The number of nitrogens with zero attached hydrogens (tertiary/aromatic N) is 2. The number of aromatic nitrogens is 2. The number of carbonyl (C=O) groups excluding carboxylic acids is 1. The van der Waals surface area contributed by atoms with E-state index in [1.165, 1.54) is 0 Å². The minimum absolute atomic E-state index is 0.101. The first-order valence-electron chi connectivity index (χ1n) is 7.17. The topological polar surface area (TPSA) is 66.9 Å². The van der Waals surface area contributed by atoms with Gasteiger partial charge >= 0.3 is 0 Å². The Kier molecular flexibility index (Phi) is 5.70. The molecule has 0 aliphatic rings. The molecule has 0 aromatic carbocycles. The summed E-state index contributed by atoms with van der Waals surface area (Å²) in [7, 11) is 0. The van der Waals surface area contributed by atoms with Gasteiger partial charge in [0.25, 0.3) is 5.91 Å². The van der Waals surface area contributed by atoms with Crippen molar-refractivity contribution in [2.45, 2.75) is 19.8 Å². The number of pyridine rings is 2. The van der Waals surface area contributed by atoms with Crippen LogP contribution in [-0.2, 0) is 6.42 Å². The highest BCUT2D eigenvalue weighted by atomic mass is 16.1. The minimum Gasteiger partial charge on any atom is -0.369 e. The Morgan fingerprint density at radius 1 is 1.14 bits per heavy atom. The number of anilines is 1. The summed E-state index contributed by atoms with van der Waals surface area (Å²) in [5, 5.41) is 6.10. The second kappa shape index (κ2) is 7.99. The van der Waals surface area contributed by atoms with Gasteiger partial charge in [0.05, 0.1) is 5.56 Å². The summed E-state index contributed by atoms with van der Waals surface area (Å²) in [4.78, 5) is 20.4. The van der Waals surface area contributed by atoms with Gasteiger partial charge < -0.3 is 10.6 Å². The van der Waals surface area contributed by atoms with Gasteiger partial charge in [0.1, 0.15) is 5.82 Å². The van der Waals surface area contributed by atoms with Crippen LogP contribution in [0.4, 0.5) is 5.82 Å². The van der Waals surface area contributed by atoms with Gasteiger partial charge in [-0.05, 0) is 42.7 Å². The van der Waals surface area contributed by atoms with Crippen LogP contribution in [0.5, 0.6) is 0 Å². The van der Waals surface area contributed by atoms with Crippen molar-refractivity contribution in [3.63, 3.8) is 0 Å². The van der Waals surface area contributed by atoms with Crippen molar-refractivity contribution in [3.8, 4) is 0 Å². The molecule has 2 aromatic heterocycles. The van der Waals surface area contributed by atoms with E-state index in [9.17, 15) is 4.79 Å². The average molecular weight is 284 g/mol. The molecule has 21 heavy (non-hydrogen) atoms. The molecule has 110 valence electrons. The predicted molar refractivity (Wildman–Crippen MR) is 83.3 cm³/mol. The molecule has 0 aliphatic carbocycles. The smallest absolute Gasteiger partial charge is 0.255 e. The van der Waals surface area contributed by atoms with Gasteiger partial charge in [0.2, 0.25) is 0 Å². The third-order valence-corrected chi connectivity index (χ3v) is 3.04. The minimum atomic E-state index is -0.101. The van der Waals surface area contributed by atoms with Crippen molar-refractivity contribution < 1.29 is 4.79 Å². The van der Waals surface area contributed by atoms with Crippen molar-refractivity contribution in [3.05, 3.63) is 54.0 Å². The molecule has 2 aromatic rings. The second-order valence-corrected chi connectivity index (χ2v) is 4.69. The molecule has 5 heteroatoms. The lowest BCUT2D eigenvalue weighted by Gasteiger charge is -2.10. The summed E-state index contributed by atoms with van der Waals surface area (Å²) in [5.41, 5.74) is 1.74. The molecule has 0 spiro atoms. The molecule has 2 heterocycles. The van der Waals surface area contributed by atoms with Crippen molar-refractivity contribution in [2.75, 3.05) is 18.4 Å². The lowest BCUT2D eigenvalue weighted by atomic mass is 10.2. The van der Waals surface area contributed by atoms with Crippen LogP contribution in [0.3, 0.4) is 0 Å². The number of nitrogens with one attached hydrogen (secondary N) is 2. The van der Waals surface area contributed by atoms with E-state index in [4.69, 9.17) is 0 Å². The van der Waals surface area contributed by atoms with Gasteiger partial charge in [-0.1, -0.05) is 6.92 Å². The summed E-state index contributed by atoms with van der Waals surface area (Å²) in [6.45, 7) is 3.46. The van der Waals surface area contributed by atoms with Crippen LogP contribution in [0.1, 0.15) is 29.3 Å². The van der Waals surface area contributed by atoms with E-state index in [0.717, 1.165) is 24.9 Å². The van der Waals surface area contributed by atoms with E-state index in [2.05, 4.69) is 27.5 Å². The van der Waals surface area contributed by atoms with Gasteiger partial charge in [-0.2, -0.15) is 0 Å². The molecule has 2 rings (SSSR count). The first-order chi connectivity index (χ1) is 10.3. The second-order valence-electron chi connectivity index (χ2n) is 4.69. The molecular formula is C16H20N4O. The van der Waals surface area contributed by atoms with Crippen LogP contribution in [0, 0.1) is 0 Å². The standard InChI is InChI=1S/C16H20N4O/c1-2-8-18-15-14(4-3-9-19-15)16(21)20-12-7-13-5-10-17-11-6-13/h3-6,9-11H,2,7-8,12H2,1H3,(H,18,19)(H,20,21). The SMILES string of the molecule is CCCNc1ncccc1C(=O)NCCc1ccncc1. The fourth-order valence-corrected chi connectivity index (χ4v) is 1.94. The Balaban J connectivity index is 1.91. The van der Waals surface area contributed by atoms with Crippen molar-refractivity contribution in [1.29, 1.82) is 0 Å². The molecule has 2 N–H and O–H groups in total. The van der Waals surface area contributed by atoms with E-state index >= 15 is 0 Å². The number of rotatable bonds is 7. The van der Waals surface area contributed by atoms with Gasteiger partial charge in [-0.15, -0.1) is 0 Å². The number of amides is 1. The van der Waals surface area contributed by atoms with Gasteiger partial charge in [0.15, 0.2) is 0 Å². The zero-order valence-electron chi connectivity index (χ0n) is 12.2. The monoisotopic (exact) mass is 284 g/mol. The molecule has 0 fully saturated rings. The van der Waals surface area contributed by atoms with Crippen LogP contribution >= 0.6 is 0 Å². The summed E-state index contributed by atoms with van der Waals surface area (Å²) < 4.78 is 0. The van der Waals surface area contributed by atoms with Crippen molar-refractivity contribution >= 4 is 11.7 Å². The zero-order valence-corrected chi connectivity index (χ0v) is 12.2. The van der Waals surface area contributed by atoms with Gasteiger partial charge in [-0.3, -0.25) is 9.78 Å². The Bertz CT molecular complexity index is 571. The first-order valence-corrected chi connectivity index (χ1v) is 7.17. The molecular weight excluding hydrogens is 264 g/mol. The largest absolute Gasteiger partial charge is 0.369 e. The van der Waals surface area contributed by atoms with Crippen molar-refractivity contribution in [2.24, 2.45) is 0 Å². The Morgan fingerprint density at radius 2 is 1.95 bits per heavy atom. The van der Waals surface area contributed by atoms with Crippen LogP contribution in [0.15, 0.2) is 42.9 Å². The summed E-state index contributed by atoms with van der Waals surface area (Å²) in [6.07, 6.45) is 6.97. The lowest BCUT2D eigenvalue weighted by Crippen LogP contribution is -2.27. The van der Waals surface area contributed by atoms with Crippen LogP contribution in [0.25, 0.3) is 0 Å². The van der Waals surface area contributed by atoms with E-state index in [1.807, 2.05) is 12.1 Å². The summed E-state index contributed by atoms with van der Waals surface area (Å²) in [6, 6.07) is 7.45. The lowest BCUT2D eigenvalue weighted by molar-refractivity contribution is 0.0954. The van der Waals surface area contributed by atoms with Crippen molar-refractivity contribution in [1.82, 2.24) is 15.3 Å². The van der Waals surface area contributed by atoms with E-state index < -0.39 is 0 Å². The zero-order chi connectivity index (χ0) is 14.9. The Labute approximate surface area is 124 Å². The van der Waals surface area contributed by atoms with E-state index in [0.29, 0.717) is 17.9 Å². The summed E-state index contributed by atoms with van der Waals surface area (Å²) >= 11 is 0. The Hall–Kier alpha value is -2.43. The number of carbonyl (C=O) groups is 1. The molecule has 0 saturated heterocycles. The normalized spacial score (nSPS) is 10.1. The Morgan fingerprint density at radius 3 is 2.71 bits per heavy atom. The highest BCUT2D eigenvalue weighted by Crippen LogP contribution is 2.11. The van der Waals surface area contributed by atoms with E-state index in [1.54, 1.807) is 30.7 Å². The number of hydrogen-bond acceptors (Lipinski definition) is 4. The quantitative estimate of drug-likeness (QED) is 0.818. The van der Waals surface area contributed by atoms with E-state index in [-0.39, 0.29) is 5.91 Å². The predicted octanol–water partition coefficient (Wildman–Crippen LogP) is 2.27. The fraction of sp³-hybridized carbons (Fsp3) is 0.312. The maximum Gasteiger partial charge on any atom is 0.255 e. The van der Waals surface area contributed by atoms with Gasteiger partial charge in [-0.25, -0.2) is 4.98 Å². The molecule has 5 nitrogen and oxygen atoms in total. The molecule has 0 atom stereocenters. The molecule has 0 saturated carbocycles. The third-order valence-electron chi connectivity index (χ3n) is 3.04. The molecule has 0 bridgehead atoms. The average Bonchev–Trinajstić information content (AvgIpc) is 2.54. The number of hydrogen-bond donors (Lipinski definition) is 2. The highest BCUT2D eigenvalue weighted by Gasteiger charge is 2.11.